The van der Waals surface area contributed by atoms with Gasteiger partial charge in [-0.2, -0.15) is 18.3 Å². The van der Waals surface area contributed by atoms with Crippen LogP contribution in [0.1, 0.15) is 48.1 Å². The van der Waals surface area contributed by atoms with Crippen LogP contribution in [0.3, 0.4) is 0 Å². The molecule has 0 radical (unpaired) electrons. The average Bonchev–Trinajstić information content (AvgIpc) is 3.02. The molecule has 1 saturated heterocycles. The first-order chi connectivity index (χ1) is 12.3. The van der Waals surface area contributed by atoms with Crippen LogP contribution in [0.2, 0.25) is 0 Å². The third-order valence-electron chi connectivity index (χ3n) is 4.43. The Morgan fingerprint density at radius 1 is 1.38 bits per heavy atom. The zero-order valence-corrected chi connectivity index (χ0v) is 14.7. The summed E-state index contributed by atoms with van der Waals surface area (Å²) in [5, 5.41) is 3.88. The normalized spacial score (nSPS) is 18.3. The van der Waals surface area contributed by atoms with Gasteiger partial charge in [-0.1, -0.05) is 0 Å². The fourth-order valence-electron chi connectivity index (χ4n) is 3.12. The maximum absolute atomic E-state index is 13.2. The monoisotopic (exact) mass is 370 g/mol. The lowest BCUT2D eigenvalue weighted by atomic mass is 10.1. The Balaban J connectivity index is 1.89. The molecule has 3 heterocycles. The number of carbonyl (C=O) groups excluding carboxylic acids is 1. The lowest BCUT2D eigenvalue weighted by Crippen LogP contribution is -2.39. The van der Waals surface area contributed by atoms with Crippen LogP contribution < -0.4 is 0 Å². The molecule has 26 heavy (non-hydrogen) atoms. The molecule has 2 aromatic rings. The molecule has 1 fully saturated rings. The van der Waals surface area contributed by atoms with Crippen molar-refractivity contribution in [2.45, 2.75) is 45.4 Å². The van der Waals surface area contributed by atoms with Crippen LogP contribution in [0.15, 0.2) is 12.1 Å². The summed E-state index contributed by atoms with van der Waals surface area (Å²) < 4.78 is 46.1. The number of aryl methyl sites for hydroxylation is 1. The van der Waals surface area contributed by atoms with Gasteiger partial charge in [0.1, 0.15) is 5.69 Å². The summed E-state index contributed by atoms with van der Waals surface area (Å²) in [7, 11) is 0. The molecule has 0 saturated carbocycles. The second-order valence-corrected chi connectivity index (χ2v) is 6.41. The van der Waals surface area contributed by atoms with E-state index in [0.29, 0.717) is 24.2 Å². The molecule has 6 nitrogen and oxygen atoms in total. The second-order valence-electron chi connectivity index (χ2n) is 6.41. The molecule has 1 aliphatic heterocycles. The number of hydrogen-bond acceptors (Lipinski definition) is 4. The molecule has 2 aromatic heterocycles. The van der Waals surface area contributed by atoms with E-state index in [9.17, 15) is 18.0 Å². The van der Waals surface area contributed by atoms with Gasteiger partial charge in [-0.25, -0.2) is 9.50 Å². The number of ether oxygens (including phenoxy) is 1. The van der Waals surface area contributed by atoms with Crippen molar-refractivity contribution in [3.8, 4) is 0 Å². The summed E-state index contributed by atoms with van der Waals surface area (Å²) in [4.78, 5) is 18.4. The van der Waals surface area contributed by atoms with Crippen LogP contribution in [-0.4, -0.2) is 51.2 Å². The van der Waals surface area contributed by atoms with Crippen molar-refractivity contribution < 1.29 is 22.7 Å². The highest BCUT2D eigenvalue weighted by atomic mass is 19.4. The molecular weight excluding hydrogens is 349 g/mol. The summed E-state index contributed by atoms with van der Waals surface area (Å²) in [5.41, 5.74) is -0.777. The zero-order valence-electron chi connectivity index (χ0n) is 14.7. The van der Waals surface area contributed by atoms with Gasteiger partial charge >= 0.3 is 6.18 Å². The van der Waals surface area contributed by atoms with Crippen LogP contribution in [0.5, 0.6) is 0 Å². The molecule has 9 heteroatoms. The number of amides is 1. The Hall–Kier alpha value is -2.16. The molecule has 142 valence electrons. The van der Waals surface area contributed by atoms with Crippen molar-refractivity contribution in [3.63, 3.8) is 0 Å². The maximum Gasteiger partial charge on any atom is 0.433 e. The van der Waals surface area contributed by atoms with Crippen LogP contribution >= 0.6 is 0 Å². The van der Waals surface area contributed by atoms with E-state index < -0.39 is 17.8 Å². The quantitative estimate of drug-likeness (QED) is 0.830. The van der Waals surface area contributed by atoms with Gasteiger partial charge < -0.3 is 9.64 Å². The fourth-order valence-corrected chi connectivity index (χ4v) is 3.12. The summed E-state index contributed by atoms with van der Waals surface area (Å²) >= 11 is 0. The summed E-state index contributed by atoms with van der Waals surface area (Å²) in [6.45, 7) is 4.79. The topological polar surface area (TPSA) is 59.7 Å². The minimum atomic E-state index is -4.58. The Bertz CT molecular complexity index is 797. The molecule has 1 amide bonds. The summed E-state index contributed by atoms with van der Waals surface area (Å²) in [6, 6.07) is 2.22. The predicted molar refractivity (Wildman–Crippen MR) is 87.9 cm³/mol. The first-order valence-corrected chi connectivity index (χ1v) is 8.65. The van der Waals surface area contributed by atoms with Gasteiger partial charge in [-0.05, 0) is 39.2 Å². The molecule has 0 aromatic carbocycles. The summed E-state index contributed by atoms with van der Waals surface area (Å²) in [5.74, 6) is -0.419. The van der Waals surface area contributed by atoms with Gasteiger partial charge in [0.05, 0.1) is 6.10 Å². The maximum atomic E-state index is 13.2. The van der Waals surface area contributed by atoms with E-state index in [4.69, 9.17) is 4.74 Å². The van der Waals surface area contributed by atoms with Gasteiger partial charge in [-0.3, -0.25) is 4.79 Å². The molecule has 0 spiro atoms. The van der Waals surface area contributed by atoms with Crippen molar-refractivity contribution in [1.29, 1.82) is 0 Å². The minimum absolute atomic E-state index is 0.00523. The third-order valence-corrected chi connectivity index (χ3v) is 4.43. The van der Waals surface area contributed by atoms with Crippen LogP contribution in [0, 0.1) is 6.92 Å². The molecule has 1 aliphatic rings. The van der Waals surface area contributed by atoms with Gasteiger partial charge in [-0.15, -0.1) is 0 Å². The number of alkyl halides is 3. The summed E-state index contributed by atoms with van der Waals surface area (Å²) in [6.07, 6.45) is -1.71. The number of carbonyl (C=O) groups is 1. The van der Waals surface area contributed by atoms with Gasteiger partial charge in [0.2, 0.25) is 0 Å². The van der Waals surface area contributed by atoms with E-state index in [1.165, 1.54) is 13.0 Å². The molecule has 0 aliphatic carbocycles. The zero-order chi connectivity index (χ0) is 18.9. The van der Waals surface area contributed by atoms with Crippen molar-refractivity contribution in [1.82, 2.24) is 19.5 Å². The number of rotatable bonds is 4. The number of hydrogen-bond donors (Lipinski definition) is 0. The Labute approximate surface area is 148 Å². The molecule has 3 rings (SSSR count). The molecule has 0 bridgehead atoms. The van der Waals surface area contributed by atoms with E-state index >= 15 is 0 Å². The van der Waals surface area contributed by atoms with E-state index in [1.807, 2.05) is 6.92 Å². The minimum Gasteiger partial charge on any atom is -0.376 e. The van der Waals surface area contributed by atoms with Crippen molar-refractivity contribution in [3.05, 3.63) is 29.2 Å². The highest BCUT2D eigenvalue weighted by molar-refractivity contribution is 5.93. The SMILES string of the molecule is CCN(CC1CCCCO1)C(=O)c1cc2nc(C)cc(C(F)(F)F)n2n1. The lowest BCUT2D eigenvalue weighted by molar-refractivity contribution is -0.142. The largest absolute Gasteiger partial charge is 0.433 e. The predicted octanol–water partition coefficient (Wildman–Crippen LogP) is 3.09. The van der Waals surface area contributed by atoms with E-state index in [0.717, 1.165) is 25.3 Å². The lowest BCUT2D eigenvalue weighted by Gasteiger charge is -2.28. The van der Waals surface area contributed by atoms with Crippen LogP contribution in [0.4, 0.5) is 13.2 Å². The Kier molecular flexibility index (Phi) is 5.17. The third kappa shape index (κ3) is 3.82. The van der Waals surface area contributed by atoms with E-state index in [-0.39, 0.29) is 23.1 Å². The molecular formula is C17H21F3N4O2. The molecule has 0 N–H and O–H groups in total. The van der Waals surface area contributed by atoms with Crippen LogP contribution in [-0.2, 0) is 10.9 Å². The standard InChI is InChI=1S/C17H21F3N4O2/c1-3-23(10-12-6-4-5-7-26-12)16(25)13-9-15-21-11(2)8-14(17(18,19)20)24(15)22-13/h8-9,12H,3-7,10H2,1-2H3. The number of halogens is 3. The van der Waals surface area contributed by atoms with Crippen molar-refractivity contribution in [2.24, 2.45) is 0 Å². The first kappa shape index (κ1) is 18.6. The Morgan fingerprint density at radius 2 is 2.15 bits per heavy atom. The number of likely N-dealkylation sites (N-methyl/N-ethyl adjacent to an activating group) is 1. The highest BCUT2D eigenvalue weighted by Crippen LogP contribution is 2.30. The van der Waals surface area contributed by atoms with E-state index in [2.05, 4.69) is 10.1 Å². The first-order valence-electron chi connectivity index (χ1n) is 8.65. The van der Waals surface area contributed by atoms with Crippen molar-refractivity contribution >= 4 is 11.6 Å². The van der Waals surface area contributed by atoms with Gasteiger partial charge in [0.25, 0.3) is 5.91 Å². The van der Waals surface area contributed by atoms with Gasteiger partial charge in [0.15, 0.2) is 11.3 Å². The Morgan fingerprint density at radius 3 is 2.77 bits per heavy atom. The average molecular weight is 370 g/mol. The van der Waals surface area contributed by atoms with Crippen molar-refractivity contribution in [2.75, 3.05) is 19.7 Å². The smallest absolute Gasteiger partial charge is 0.376 e. The van der Waals surface area contributed by atoms with Gasteiger partial charge in [0, 0.05) is 31.5 Å². The number of fused-ring (bicyclic) bond motifs is 1. The second kappa shape index (κ2) is 7.22. The van der Waals surface area contributed by atoms with Crippen LogP contribution in [0.25, 0.3) is 5.65 Å². The highest BCUT2D eigenvalue weighted by Gasteiger charge is 2.35. The van der Waals surface area contributed by atoms with E-state index in [1.54, 1.807) is 4.90 Å². The number of nitrogens with zero attached hydrogens (tertiary/aromatic N) is 4. The molecule has 1 atom stereocenters. The fraction of sp³-hybridized carbons (Fsp3) is 0.588. The number of aromatic nitrogens is 3. The molecule has 1 unspecified atom stereocenters.